The lowest BCUT2D eigenvalue weighted by atomic mass is 9.96. The van der Waals surface area contributed by atoms with E-state index in [1.807, 2.05) is 43.3 Å². The van der Waals surface area contributed by atoms with E-state index >= 15 is 0 Å². The molecule has 0 spiro atoms. The zero-order chi connectivity index (χ0) is 22.6. The Bertz CT molecular complexity index is 1240. The Morgan fingerprint density at radius 3 is 2.88 bits per heavy atom. The number of nitrogens with one attached hydrogen (secondary N) is 1. The number of piperidine rings is 1. The Kier molecular flexibility index (Phi) is 6.16. The number of aryl methyl sites for hydroxylation is 1. The number of benzene rings is 1. The third-order valence-corrected chi connectivity index (χ3v) is 6.10. The standard InChI is InChI=1S/C23H28N8O2/c1-2-33-15-5-12-30-19-7-4-3-6-18(19)25-23(30)26-22(32)17-10-13-29(14-11-17)21-9-8-20-27-24-16-31(20)28-21/h3-4,6-9,16-17H,2,5,10-15H2,1H3,(H,25,26,32). The molecule has 0 atom stereocenters. The minimum atomic E-state index is -0.0587. The molecule has 172 valence electrons. The molecule has 10 heteroatoms. The van der Waals surface area contributed by atoms with Crippen molar-refractivity contribution >= 4 is 34.4 Å². The van der Waals surface area contributed by atoms with Gasteiger partial charge in [-0.1, -0.05) is 12.1 Å². The minimum Gasteiger partial charge on any atom is -0.382 e. The van der Waals surface area contributed by atoms with E-state index in [0.29, 0.717) is 19.2 Å². The van der Waals surface area contributed by atoms with Crippen LogP contribution in [0.4, 0.5) is 11.8 Å². The molecule has 0 saturated carbocycles. The van der Waals surface area contributed by atoms with Gasteiger partial charge in [0.25, 0.3) is 0 Å². The summed E-state index contributed by atoms with van der Waals surface area (Å²) >= 11 is 0. The molecule has 1 saturated heterocycles. The van der Waals surface area contributed by atoms with Crippen LogP contribution in [0.15, 0.2) is 42.7 Å². The van der Waals surface area contributed by atoms with Gasteiger partial charge < -0.3 is 14.2 Å². The molecule has 0 radical (unpaired) electrons. The number of rotatable bonds is 8. The van der Waals surface area contributed by atoms with Crippen LogP contribution >= 0.6 is 0 Å². The minimum absolute atomic E-state index is 0.0261. The molecule has 1 aliphatic rings. The van der Waals surface area contributed by atoms with Gasteiger partial charge >= 0.3 is 0 Å². The molecule has 10 nitrogen and oxygen atoms in total. The molecular weight excluding hydrogens is 420 g/mol. The molecule has 1 N–H and O–H groups in total. The van der Waals surface area contributed by atoms with E-state index in [9.17, 15) is 4.79 Å². The lowest BCUT2D eigenvalue weighted by Crippen LogP contribution is -2.39. The van der Waals surface area contributed by atoms with Crippen LogP contribution in [0.25, 0.3) is 16.7 Å². The van der Waals surface area contributed by atoms with Gasteiger partial charge in [0.15, 0.2) is 5.65 Å². The number of anilines is 2. The van der Waals surface area contributed by atoms with Gasteiger partial charge in [0.1, 0.15) is 12.1 Å². The van der Waals surface area contributed by atoms with Gasteiger partial charge in [0.2, 0.25) is 11.9 Å². The highest BCUT2D eigenvalue weighted by atomic mass is 16.5. The lowest BCUT2D eigenvalue weighted by Gasteiger charge is -2.31. The summed E-state index contributed by atoms with van der Waals surface area (Å²) < 4.78 is 9.24. The van der Waals surface area contributed by atoms with Crippen molar-refractivity contribution < 1.29 is 9.53 Å². The fourth-order valence-corrected chi connectivity index (χ4v) is 4.34. The molecule has 1 aliphatic heterocycles. The maximum absolute atomic E-state index is 13.1. The Balaban J connectivity index is 1.24. The van der Waals surface area contributed by atoms with Gasteiger partial charge in [0.05, 0.1) is 11.0 Å². The first-order valence-electron chi connectivity index (χ1n) is 11.5. The van der Waals surface area contributed by atoms with E-state index in [0.717, 1.165) is 61.4 Å². The number of hydrogen-bond acceptors (Lipinski definition) is 7. The molecular formula is C23H28N8O2. The number of para-hydroxylation sites is 2. The highest BCUT2D eigenvalue weighted by molar-refractivity contribution is 5.93. The summed E-state index contributed by atoms with van der Waals surface area (Å²) in [7, 11) is 0. The maximum atomic E-state index is 13.1. The number of carbonyl (C=O) groups is 1. The first-order chi connectivity index (χ1) is 16.2. The number of imidazole rings is 1. The Morgan fingerprint density at radius 1 is 1.18 bits per heavy atom. The second-order valence-electron chi connectivity index (χ2n) is 8.20. The van der Waals surface area contributed by atoms with E-state index in [4.69, 9.17) is 4.74 Å². The number of hydrogen-bond donors (Lipinski definition) is 1. The van der Waals surface area contributed by atoms with Gasteiger partial charge in [-0.3, -0.25) is 10.1 Å². The molecule has 4 aromatic rings. The van der Waals surface area contributed by atoms with Crippen LogP contribution < -0.4 is 10.2 Å². The fraction of sp³-hybridized carbons (Fsp3) is 0.435. The van der Waals surface area contributed by atoms with Crippen molar-refractivity contribution in [1.82, 2.24) is 29.4 Å². The van der Waals surface area contributed by atoms with Crippen molar-refractivity contribution in [1.29, 1.82) is 0 Å². The van der Waals surface area contributed by atoms with Gasteiger partial charge in [-0.25, -0.2) is 4.98 Å². The predicted octanol–water partition coefficient (Wildman–Crippen LogP) is 2.76. The lowest BCUT2D eigenvalue weighted by molar-refractivity contribution is -0.120. The molecule has 33 heavy (non-hydrogen) atoms. The first kappa shape index (κ1) is 21.3. The number of fused-ring (bicyclic) bond motifs is 2. The molecule has 1 fully saturated rings. The summed E-state index contributed by atoms with van der Waals surface area (Å²) in [6.07, 6.45) is 3.98. The van der Waals surface area contributed by atoms with E-state index in [1.54, 1.807) is 10.8 Å². The molecule has 0 aliphatic carbocycles. The van der Waals surface area contributed by atoms with Crippen molar-refractivity contribution in [2.45, 2.75) is 32.7 Å². The molecule has 4 heterocycles. The van der Waals surface area contributed by atoms with Gasteiger partial charge in [-0.05, 0) is 50.5 Å². The summed E-state index contributed by atoms with van der Waals surface area (Å²) in [6, 6.07) is 11.8. The summed E-state index contributed by atoms with van der Waals surface area (Å²) in [5, 5.41) is 15.5. The smallest absolute Gasteiger partial charge is 0.229 e. The van der Waals surface area contributed by atoms with Crippen molar-refractivity contribution in [3.8, 4) is 0 Å². The first-order valence-corrected chi connectivity index (χ1v) is 11.5. The Morgan fingerprint density at radius 2 is 2.03 bits per heavy atom. The van der Waals surface area contributed by atoms with Gasteiger partial charge in [-0.2, -0.15) is 4.52 Å². The number of nitrogens with zero attached hydrogens (tertiary/aromatic N) is 7. The summed E-state index contributed by atoms with van der Waals surface area (Å²) in [5.41, 5.74) is 2.63. The molecule has 3 aromatic heterocycles. The van der Waals surface area contributed by atoms with E-state index < -0.39 is 0 Å². The van der Waals surface area contributed by atoms with Gasteiger partial charge in [0, 0.05) is 38.8 Å². The number of carbonyl (C=O) groups excluding carboxylic acids is 1. The van der Waals surface area contributed by atoms with Crippen LogP contribution in [0, 0.1) is 5.92 Å². The number of ether oxygens (including phenoxy) is 1. The third-order valence-electron chi connectivity index (χ3n) is 6.10. The van der Waals surface area contributed by atoms with Crippen LogP contribution in [-0.2, 0) is 16.1 Å². The van der Waals surface area contributed by atoms with E-state index in [1.165, 1.54) is 0 Å². The van der Waals surface area contributed by atoms with Crippen LogP contribution in [0.1, 0.15) is 26.2 Å². The third kappa shape index (κ3) is 4.51. The summed E-state index contributed by atoms with van der Waals surface area (Å²) in [6.45, 7) is 5.66. The second kappa shape index (κ2) is 9.53. The average molecular weight is 449 g/mol. The van der Waals surface area contributed by atoms with Crippen LogP contribution in [-0.4, -0.2) is 61.6 Å². The number of aromatic nitrogens is 6. The molecule has 1 aromatic carbocycles. The summed E-state index contributed by atoms with van der Waals surface area (Å²) in [5.74, 6) is 1.45. The number of amides is 1. The highest BCUT2D eigenvalue weighted by Gasteiger charge is 2.27. The zero-order valence-corrected chi connectivity index (χ0v) is 18.7. The van der Waals surface area contributed by atoms with Crippen molar-refractivity contribution in [3.05, 3.63) is 42.7 Å². The normalized spacial score (nSPS) is 14.9. The molecule has 5 rings (SSSR count). The Labute approximate surface area is 191 Å². The monoisotopic (exact) mass is 448 g/mol. The summed E-state index contributed by atoms with van der Waals surface area (Å²) in [4.78, 5) is 20.0. The SMILES string of the molecule is CCOCCCn1c(NC(=O)C2CCN(c3ccc4nncn4n3)CC2)nc2ccccc21. The van der Waals surface area contributed by atoms with Crippen molar-refractivity contribution in [2.75, 3.05) is 36.5 Å². The van der Waals surface area contributed by atoms with Gasteiger partial charge in [-0.15, -0.1) is 15.3 Å². The largest absolute Gasteiger partial charge is 0.382 e. The van der Waals surface area contributed by atoms with Crippen LogP contribution in [0.3, 0.4) is 0 Å². The fourth-order valence-electron chi connectivity index (χ4n) is 4.34. The van der Waals surface area contributed by atoms with E-state index in [2.05, 4.69) is 35.1 Å². The predicted molar refractivity (Wildman–Crippen MR) is 125 cm³/mol. The molecule has 0 bridgehead atoms. The van der Waals surface area contributed by atoms with Crippen LogP contribution in [0.2, 0.25) is 0 Å². The van der Waals surface area contributed by atoms with Crippen molar-refractivity contribution in [2.24, 2.45) is 5.92 Å². The van der Waals surface area contributed by atoms with E-state index in [-0.39, 0.29) is 11.8 Å². The topological polar surface area (TPSA) is 102 Å². The Hall–Kier alpha value is -3.53. The maximum Gasteiger partial charge on any atom is 0.229 e. The molecule has 0 unspecified atom stereocenters. The zero-order valence-electron chi connectivity index (χ0n) is 18.7. The van der Waals surface area contributed by atoms with Crippen molar-refractivity contribution in [3.63, 3.8) is 0 Å². The highest BCUT2D eigenvalue weighted by Crippen LogP contribution is 2.25. The van der Waals surface area contributed by atoms with Crippen LogP contribution in [0.5, 0.6) is 0 Å². The second-order valence-corrected chi connectivity index (χ2v) is 8.20. The average Bonchev–Trinajstić information content (AvgIpc) is 3.46. The molecule has 1 amide bonds. The quantitative estimate of drug-likeness (QED) is 0.414.